The number of hydrogen-bond donors (Lipinski definition) is 2. The largest absolute Gasteiger partial charge is 0.480 e. The summed E-state index contributed by atoms with van der Waals surface area (Å²) in [5, 5.41) is 9.53. The minimum Gasteiger partial charge on any atom is -0.480 e. The topological polar surface area (TPSA) is 101 Å². The van der Waals surface area contributed by atoms with Gasteiger partial charge in [-0.05, 0) is 27.7 Å². The molecule has 0 saturated heterocycles. The zero-order valence-electron chi connectivity index (χ0n) is 9.77. The third kappa shape index (κ3) is 5.11. The van der Waals surface area contributed by atoms with Crippen molar-refractivity contribution in [1.82, 2.24) is 5.32 Å². The molecule has 0 aromatic rings. The van der Waals surface area contributed by atoms with Gasteiger partial charge in [-0.25, -0.2) is 8.42 Å². The van der Waals surface area contributed by atoms with E-state index in [0.29, 0.717) is 0 Å². The van der Waals surface area contributed by atoms with E-state index < -0.39 is 38.3 Å². The molecule has 16 heavy (non-hydrogen) atoms. The van der Waals surface area contributed by atoms with Crippen molar-refractivity contribution in [2.24, 2.45) is 0 Å². The molecule has 0 aliphatic heterocycles. The Labute approximate surface area is 95.0 Å². The highest BCUT2D eigenvalue weighted by Crippen LogP contribution is 2.06. The molecule has 0 spiro atoms. The monoisotopic (exact) mass is 251 g/mol. The van der Waals surface area contributed by atoms with Crippen LogP contribution in [0.1, 0.15) is 27.7 Å². The van der Waals surface area contributed by atoms with E-state index in [-0.39, 0.29) is 0 Å². The fraction of sp³-hybridized carbons (Fsp3) is 0.778. The molecule has 6 nitrogen and oxygen atoms in total. The zero-order chi connectivity index (χ0) is 13.1. The van der Waals surface area contributed by atoms with Gasteiger partial charge in [0.25, 0.3) is 0 Å². The fourth-order valence-corrected chi connectivity index (χ4v) is 1.91. The molecule has 0 aromatic heterocycles. The zero-order valence-corrected chi connectivity index (χ0v) is 10.6. The van der Waals surface area contributed by atoms with Gasteiger partial charge in [0.2, 0.25) is 5.91 Å². The Hall–Kier alpha value is -1.11. The molecule has 0 aliphatic rings. The fourth-order valence-electron chi connectivity index (χ4n) is 0.931. The molecule has 0 radical (unpaired) electrons. The lowest BCUT2D eigenvalue weighted by molar-refractivity contribution is -0.134. The van der Waals surface area contributed by atoms with E-state index in [1.807, 2.05) is 0 Å². The minimum atomic E-state index is -3.94. The first-order chi connectivity index (χ1) is 6.96. The Morgan fingerprint density at radius 3 is 2.06 bits per heavy atom. The SMILES string of the molecule is CC(C(=O)NC(C)(C)C)S(=O)(=O)CC(=O)O. The molecule has 1 atom stereocenters. The van der Waals surface area contributed by atoms with Crippen molar-refractivity contribution >= 4 is 21.7 Å². The van der Waals surface area contributed by atoms with Crippen molar-refractivity contribution < 1.29 is 23.1 Å². The number of aliphatic carboxylic acids is 1. The van der Waals surface area contributed by atoms with Crippen molar-refractivity contribution in [2.75, 3.05) is 5.75 Å². The molecule has 0 bridgehead atoms. The molecule has 0 saturated carbocycles. The second kappa shape index (κ2) is 4.82. The lowest BCUT2D eigenvalue weighted by Crippen LogP contribution is -2.48. The molecular weight excluding hydrogens is 234 g/mol. The molecule has 1 amide bonds. The van der Waals surface area contributed by atoms with Crippen LogP contribution in [0.15, 0.2) is 0 Å². The van der Waals surface area contributed by atoms with Gasteiger partial charge in [0.05, 0.1) is 0 Å². The maximum Gasteiger partial charge on any atom is 0.318 e. The van der Waals surface area contributed by atoms with Crippen LogP contribution >= 0.6 is 0 Å². The van der Waals surface area contributed by atoms with Crippen LogP contribution in [-0.2, 0) is 19.4 Å². The molecular formula is C9H17NO5S. The summed E-state index contributed by atoms with van der Waals surface area (Å²) in [5.41, 5.74) is -0.552. The highest BCUT2D eigenvalue weighted by molar-refractivity contribution is 7.93. The number of hydrogen-bond acceptors (Lipinski definition) is 4. The van der Waals surface area contributed by atoms with Crippen molar-refractivity contribution in [2.45, 2.75) is 38.5 Å². The maximum atomic E-state index is 11.5. The first-order valence-corrected chi connectivity index (χ1v) is 6.42. The number of carboxylic acid groups (broad SMARTS) is 1. The summed E-state index contributed by atoms with van der Waals surface area (Å²) in [6.07, 6.45) is 0. The van der Waals surface area contributed by atoms with Crippen LogP contribution in [0.2, 0.25) is 0 Å². The molecule has 0 aliphatic carbocycles. The third-order valence-electron chi connectivity index (χ3n) is 1.73. The van der Waals surface area contributed by atoms with Gasteiger partial charge < -0.3 is 10.4 Å². The minimum absolute atomic E-state index is 0.552. The molecule has 0 heterocycles. The van der Waals surface area contributed by atoms with Gasteiger partial charge in [0.1, 0.15) is 11.0 Å². The summed E-state index contributed by atoms with van der Waals surface area (Å²) in [6.45, 7) is 6.31. The summed E-state index contributed by atoms with van der Waals surface area (Å²) >= 11 is 0. The summed E-state index contributed by atoms with van der Waals surface area (Å²) in [7, 11) is -3.94. The smallest absolute Gasteiger partial charge is 0.318 e. The van der Waals surface area contributed by atoms with E-state index in [2.05, 4.69) is 5.32 Å². The molecule has 0 rings (SSSR count). The van der Waals surface area contributed by atoms with E-state index in [9.17, 15) is 18.0 Å². The van der Waals surface area contributed by atoms with E-state index in [0.717, 1.165) is 0 Å². The Kier molecular flexibility index (Phi) is 4.48. The maximum absolute atomic E-state index is 11.5. The van der Waals surface area contributed by atoms with E-state index >= 15 is 0 Å². The molecule has 0 fully saturated rings. The lowest BCUT2D eigenvalue weighted by Gasteiger charge is -2.22. The summed E-state index contributed by atoms with van der Waals surface area (Å²) in [6, 6.07) is 0. The molecule has 1 unspecified atom stereocenters. The Morgan fingerprint density at radius 2 is 1.75 bits per heavy atom. The second-order valence-corrected chi connectivity index (χ2v) is 6.90. The first kappa shape index (κ1) is 14.9. The summed E-state index contributed by atoms with van der Waals surface area (Å²) in [4.78, 5) is 21.8. The molecule has 7 heteroatoms. The predicted octanol–water partition coefficient (Wildman–Crippen LogP) is -0.211. The van der Waals surface area contributed by atoms with Crippen molar-refractivity contribution in [3.05, 3.63) is 0 Å². The average molecular weight is 251 g/mol. The molecule has 2 N–H and O–H groups in total. The predicted molar refractivity (Wildman–Crippen MR) is 58.8 cm³/mol. The van der Waals surface area contributed by atoms with Crippen molar-refractivity contribution in [1.29, 1.82) is 0 Å². The van der Waals surface area contributed by atoms with Gasteiger partial charge in [-0.15, -0.1) is 0 Å². The number of rotatable bonds is 4. The normalized spacial score (nSPS) is 14.2. The van der Waals surface area contributed by atoms with Crippen molar-refractivity contribution in [3.63, 3.8) is 0 Å². The highest BCUT2D eigenvalue weighted by atomic mass is 32.2. The average Bonchev–Trinajstić information content (AvgIpc) is 1.96. The van der Waals surface area contributed by atoms with Gasteiger partial charge in [-0.2, -0.15) is 0 Å². The van der Waals surface area contributed by atoms with E-state index in [1.165, 1.54) is 6.92 Å². The van der Waals surface area contributed by atoms with Crippen LogP contribution in [0.3, 0.4) is 0 Å². The number of carbonyl (C=O) groups excluding carboxylic acids is 1. The number of sulfone groups is 1. The Balaban J connectivity index is 4.74. The first-order valence-electron chi connectivity index (χ1n) is 4.71. The summed E-state index contributed by atoms with van der Waals surface area (Å²) < 4.78 is 22.9. The van der Waals surface area contributed by atoms with Gasteiger partial charge in [0.15, 0.2) is 9.84 Å². The number of amides is 1. The number of nitrogens with one attached hydrogen (secondary N) is 1. The second-order valence-electron chi connectivity index (χ2n) is 4.58. The van der Waals surface area contributed by atoms with Gasteiger partial charge in [0, 0.05) is 5.54 Å². The standard InChI is InChI=1S/C9H17NO5S/c1-6(8(13)10-9(2,3)4)16(14,15)5-7(11)12/h6H,5H2,1-4H3,(H,10,13)(H,11,12). The number of carboxylic acids is 1. The van der Waals surface area contributed by atoms with Crippen LogP contribution in [0.25, 0.3) is 0 Å². The Morgan fingerprint density at radius 1 is 1.31 bits per heavy atom. The molecule has 0 aromatic carbocycles. The van der Waals surface area contributed by atoms with E-state index in [1.54, 1.807) is 20.8 Å². The van der Waals surface area contributed by atoms with Crippen LogP contribution < -0.4 is 5.32 Å². The summed E-state index contributed by atoms with van der Waals surface area (Å²) in [5.74, 6) is -3.18. The van der Waals surface area contributed by atoms with Crippen molar-refractivity contribution in [3.8, 4) is 0 Å². The van der Waals surface area contributed by atoms with Gasteiger partial charge >= 0.3 is 5.97 Å². The van der Waals surface area contributed by atoms with Crippen LogP contribution in [0, 0.1) is 0 Å². The lowest BCUT2D eigenvalue weighted by atomic mass is 10.1. The Bertz CT molecular complexity index is 379. The van der Waals surface area contributed by atoms with Gasteiger partial charge in [-0.3, -0.25) is 9.59 Å². The van der Waals surface area contributed by atoms with Crippen LogP contribution in [0.5, 0.6) is 0 Å². The van der Waals surface area contributed by atoms with Gasteiger partial charge in [-0.1, -0.05) is 0 Å². The van der Waals surface area contributed by atoms with E-state index in [4.69, 9.17) is 5.11 Å². The third-order valence-corrected chi connectivity index (χ3v) is 3.67. The quantitative estimate of drug-likeness (QED) is 0.720. The van der Waals surface area contributed by atoms with Crippen LogP contribution in [0.4, 0.5) is 0 Å². The highest BCUT2D eigenvalue weighted by Gasteiger charge is 2.31. The molecule has 94 valence electrons. The van der Waals surface area contributed by atoms with Crippen LogP contribution in [-0.4, -0.2) is 41.9 Å². The number of carbonyl (C=O) groups is 2.